The van der Waals surface area contributed by atoms with E-state index in [9.17, 15) is 10.1 Å². The van der Waals surface area contributed by atoms with Crippen molar-refractivity contribution in [2.24, 2.45) is 7.05 Å². The Morgan fingerprint density at radius 1 is 1.32 bits per heavy atom. The smallest absolute Gasteiger partial charge is 0.235 e. The summed E-state index contributed by atoms with van der Waals surface area (Å²) >= 11 is 6.23. The molecule has 0 atom stereocenters. The summed E-state index contributed by atoms with van der Waals surface area (Å²) in [7, 11) is 1.85. The van der Waals surface area contributed by atoms with Crippen LogP contribution >= 0.6 is 39.0 Å². The largest absolute Gasteiger partial charge is 0.486 e. The van der Waals surface area contributed by atoms with Gasteiger partial charge in [0, 0.05) is 16.4 Å². The van der Waals surface area contributed by atoms with E-state index in [1.54, 1.807) is 0 Å². The maximum atomic E-state index is 12.5. The number of nitriles is 1. The van der Waals surface area contributed by atoms with E-state index in [-0.39, 0.29) is 18.3 Å². The number of hydrogen-bond acceptors (Lipinski definition) is 7. The Bertz CT molecular complexity index is 1130. The third kappa shape index (κ3) is 5.11. The topological polar surface area (TPSA) is 92.8 Å². The van der Waals surface area contributed by atoms with E-state index in [0.29, 0.717) is 21.5 Å². The van der Waals surface area contributed by atoms with Crippen molar-refractivity contribution in [2.45, 2.75) is 37.4 Å². The molecular formula is C21H20BrN5O2S2. The molecule has 4 rings (SSSR count). The molecule has 1 aliphatic carbocycles. The molecule has 2 heterocycles. The van der Waals surface area contributed by atoms with Gasteiger partial charge in [-0.25, -0.2) is 0 Å². The van der Waals surface area contributed by atoms with E-state index in [4.69, 9.17) is 4.74 Å². The van der Waals surface area contributed by atoms with Crippen LogP contribution in [0, 0.1) is 11.3 Å². The number of nitrogens with one attached hydrogen (secondary N) is 1. The Morgan fingerprint density at radius 2 is 2.10 bits per heavy atom. The highest BCUT2D eigenvalue weighted by Crippen LogP contribution is 2.37. The van der Waals surface area contributed by atoms with Crippen molar-refractivity contribution in [3.63, 3.8) is 0 Å². The second kappa shape index (κ2) is 9.85. The molecule has 0 spiro atoms. The Labute approximate surface area is 196 Å². The number of rotatable bonds is 7. The van der Waals surface area contributed by atoms with Crippen LogP contribution in [0.4, 0.5) is 5.00 Å². The van der Waals surface area contributed by atoms with E-state index in [0.717, 1.165) is 41.5 Å². The Morgan fingerprint density at radius 3 is 2.87 bits per heavy atom. The second-order valence-corrected chi connectivity index (χ2v) is 10.0. The molecule has 1 aromatic carbocycles. The van der Waals surface area contributed by atoms with Crippen molar-refractivity contribution >= 4 is 49.9 Å². The first kappa shape index (κ1) is 21.9. The van der Waals surface area contributed by atoms with Gasteiger partial charge in [0.2, 0.25) is 5.91 Å². The van der Waals surface area contributed by atoms with Gasteiger partial charge in [-0.3, -0.25) is 4.79 Å². The minimum absolute atomic E-state index is 0.157. The maximum absolute atomic E-state index is 12.5. The number of aryl methyl sites for hydroxylation is 1. The minimum atomic E-state index is -0.157. The monoisotopic (exact) mass is 517 g/mol. The van der Waals surface area contributed by atoms with Crippen molar-refractivity contribution in [1.29, 1.82) is 5.26 Å². The molecule has 0 unspecified atom stereocenters. The summed E-state index contributed by atoms with van der Waals surface area (Å²) < 4.78 is 8.56. The predicted molar refractivity (Wildman–Crippen MR) is 125 cm³/mol. The van der Waals surface area contributed by atoms with Gasteiger partial charge in [0.15, 0.2) is 11.0 Å². The number of carbonyl (C=O) groups excluding carboxylic acids is 1. The van der Waals surface area contributed by atoms with Crippen LogP contribution in [-0.2, 0) is 31.3 Å². The normalized spacial score (nSPS) is 12.8. The van der Waals surface area contributed by atoms with Crippen LogP contribution < -0.4 is 10.1 Å². The van der Waals surface area contributed by atoms with E-state index in [1.807, 2.05) is 35.9 Å². The Balaban J connectivity index is 1.33. The molecular weight excluding hydrogens is 498 g/mol. The van der Waals surface area contributed by atoms with Gasteiger partial charge >= 0.3 is 0 Å². The standard InChI is InChI=1S/C21H20BrN5O2S2/c1-27-18(11-29-14-8-6-13(22)7-9-14)25-26-21(27)30-12-19(28)24-20-16(10-23)15-4-2-3-5-17(15)31-20/h6-9H,2-5,11-12H2,1H3,(H,24,28). The number of nitrogens with zero attached hydrogens (tertiary/aromatic N) is 4. The summed E-state index contributed by atoms with van der Waals surface area (Å²) in [5.74, 6) is 1.44. The SMILES string of the molecule is Cn1c(COc2ccc(Br)cc2)nnc1SCC(=O)Nc1sc2c(c1C#N)CCCC2. The van der Waals surface area contributed by atoms with Crippen LogP contribution in [0.3, 0.4) is 0 Å². The van der Waals surface area contributed by atoms with E-state index in [1.165, 1.54) is 28.0 Å². The molecule has 0 radical (unpaired) electrons. The van der Waals surface area contributed by atoms with Crippen LogP contribution in [0.2, 0.25) is 0 Å². The zero-order chi connectivity index (χ0) is 21.8. The average molecular weight is 518 g/mol. The highest BCUT2D eigenvalue weighted by molar-refractivity contribution is 9.10. The number of thiophene rings is 1. The van der Waals surface area contributed by atoms with E-state index >= 15 is 0 Å². The Hall–Kier alpha value is -2.35. The van der Waals surface area contributed by atoms with Crippen LogP contribution in [0.5, 0.6) is 5.75 Å². The molecule has 0 fully saturated rings. The predicted octanol–water partition coefficient (Wildman–Crippen LogP) is 4.70. The summed E-state index contributed by atoms with van der Waals surface area (Å²) in [5, 5.41) is 22.1. The van der Waals surface area contributed by atoms with Gasteiger partial charge in [-0.15, -0.1) is 21.5 Å². The molecule has 3 aromatic rings. The lowest BCUT2D eigenvalue weighted by Crippen LogP contribution is -2.14. The molecule has 1 N–H and O–H groups in total. The molecule has 0 saturated carbocycles. The number of fused-ring (bicyclic) bond motifs is 1. The number of amides is 1. The fourth-order valence-corrected chi connectivity index (χ4v) is 5.59. The second-order valence-electron chi connectivity index (χ2n) is 7.06. The van der Waals surface area contributed by atoms with Crippen LogP contribution in [0.15, 0.2) is 33.9 Å². The van der Waals surface area contributed by atoms with Crippen molar-refractivity contribution in [3.05, 3.63) is 50.6 Å². The summed E-state index contributed by atoms with van der Waals surface area (Å²) in [6.45, 7) is 0.282. The quantitative estimate of drug-likeness (QED) is 0.456. The number of benzene rings is 1. The molecule has 31 heavy (non-hydrogen) atoms. The minimum Gasteiger partial charge on any atom is -0.486 e. The zero-order valence-electron chi connectivity index (χ0n) is 16.9. The summed E-state index contributed by atoms with van der Waals surface area (Å²) in [5.41, 5.74) is 1.74. The number of halogens is 1. The third-order valence-corrected chi connectivity index (χ3v) is 7.73. The molecule has 1 aliphatic rings. The summed E-state index contributed by atoms with van der Waals surface area (Å²) in [6, 6.07) is 9.84. The van der Waals surface area contributed by atoms with Crippen LogP contribution in [-0.4, -0.2) is 26.4 Å². The lowest BCUT2D eigenvalue weighted by molar-refractivity contribution is -0.113. The van der Waals surface area contributed by atoms with Gasteiger partial charge in [0.1, 0.15) is 23.4 Å². The first-order chi connectivity index (χ1) is 15.0. The summed E-state index contributed by atoms with van der Waals surface area (Å²) in [6.07, 6.45) is 4.15. The number of aromatic nitrogens is 3. The average Bonchev–Trinajstić information content (AvgIpc) is 3.31. The van der Waals surface area contributed by atoms with Gasteiger partial charge in [0.25, 0.3) is 0 Å². The number of carbonyl (C=O) groups is 1. The van der Waals surface area contributed by atoms with Crippen LogP contribution in [0.25, 0.3) is 0 Å². The maximum Gasteiger partial charge on any atom is 0.235 e. The van der Waals surface area contributed by atoms with Crippen molar-refractivity contribution in [2.75, 3.05) is 11.1 Å². The highest BCUT2D eigenvalue weighted by Gasteiger charge is 2.22. The fraction of sp³-hybridized carbons (Fsp3) is 0.333. The molecule has 10 heteroatoms. The number of thioether (sulfide) groups is 1. The van der Waals surface area contributed by atoms with Crippen molar-refractivity contribution < 1.29 is 9.53 Å². The molecule has 2 aromatic heterocycles. The molecule has 0 bridgehead atoms. The van der Waals surface area contributed by atoms with Gasteiger partial charge in [-0.2, -0.15) is 5.26 Å². The highest BCUT2D eigenvalue weighted by atomic mass is 79.9. The van der Waals surface area contributed by atoms with Gasteiger partial charge in [0.05, 0.1) is 11.3 Å². The molecule has 0 saturated heterocycles. The number of anilines is 1. The summed E-state index contributed by atoms with van der Waals surface area (Å²) in [4.78, 5) is 13.7. The lowest BCUT2D eigenvalue weighted by atomic mass is 9.96. The molecule has 160 valence electrons. The zero-order valence-corrected chi connectivity index (χ0v) is 20.1. The number of ether oxygens (including phenoxy) is 1. The first-order valence-electron chi connectivity index (χ1n) is 9.79. The number of hydrogen-bond donors (Lipinski definition) is 1. The van der Waals surface area contributed by atoms with Crippen LogP contribution in [0.1, 0.15) is 34.7 Å². The third-order valence-electron chi connectivity index (χ3n) is 4.98. The molecule has 1 amide bonds. The fourth-order valence-electron chi connectivity index (χ4n) is 3.34. The van der Waals surface area contributed by atoms with Gasteiger partial charge in [-0.05, 0) is 55.5 Å². The van der Waals surface area contributed by atoms with E-state index in [2.05, 4.69) is 37.5 Å². The first-order valence-corrected chi connectivity index (χ1v) is 12.4. The van der Waals surface area contributed by atoms with E-state index < -0.39 is 0 Å². The van der Waals surface area contributed by atoms with Gasteiger partial charge < -0.3 is 14.6 Å². The van der Waals surface area contributed by atoms with Crippen molar-refractivity contribution in [3.8, 4) is 11.8 Å². The lowest BCUT2D eigenvalue weighted by Gasteiger charge is -2.09. The van der Waals surface area contributed by atoms with Crippen molar-refractivity contribution in [1.82, 2.24) is 14.8 Å². The Kier molecular flexibility index (Phi) is 6.95. The molecule has 7 nitrogen and oxygen atoms in total. The molecule has 0 aliphatic heterocycles. The van der Waals surface area contributed by atoms with Gasteiger partial charge in [-0.1, -0.05) is 27.7 Å².